The van der Waals surface area contributed by atoms with Crippen LogP contribution in [-0.4, -0.2) is 19.1 Å². The second-order valence-electron chi connectivity index (χ2n) is 5.86. The first kappa shape index (κ1) is 17.5. The van der Waals surface area contributed by atoms with E-state index >= 15 is 0 Å². The molecular formula is C17H29N3O. The molecule has 1 aromatic carbocycles. The van der Waals surface area contributed by atoms with E-state index in [2.05, 4.69) is 49.7 Å². The Kier molecular flexibility index (Phi) is 7.83. The highest BCUT2D eigenvalue weighted by Crippen LogP contribution is 2.17. The van der Waals surface area contributed by atoms with Crippen LogP contribution in [0.15, 0.2) is 24.3 Å². The van der Waals surface area contributed by atoms with Crippen molar-refractivity contribution in [2.24, 2.45) is 5.92 Å². The highest BCUT2D eigenvalue weighted by Gasteiger charge is 2.06. The van der Waals surface area contributed by atoms with Crippen molar-refractivity contribution in [3.63, 3.8) is 0 Å². The summed E-state index contributed by atoms with van der Waals surface area (Å²) >= 11 is 0. The Hall–Kier alpha value is -1.55. The number of hydrogen-bond donors (Lipinski definition) is 3. The van der Waals surface area contributed by atoms with E-state index in [1.165, 1.54) is 5.56 Å². The Morgan fingerprint density at radius 2 is 1.95 bits per heavy atom. The monoisotopic (exact) mass is 291 g/mol. The summed E-state index contributed by atoms with van der Waals surface area (Å²) in [5, 5.41) is 9.22. The standard InChI is InChI=1S/C17H29N3O/c1-5-10-18-14(4)15-7-6-8-16(12-15)20-17(21)19-11-9-13(2)3/h6-8,12-14,18H,5,9-11H2,1-4H3,(H2,19,20,21). The van der Waals surface area contributed by atoms with Crippen molar-refractivity contribution in [3.8, 4) is 0 Å². The van der Waals surface area contributed by atoms with Crippen LogP contribution in [-0.2, 0) is 0 Å². The van der Waals surface area contributed by atoms with Gasteiger partial charge in [0, 0.05) is 18.3 Å². The van der Waals surface area contributed by atoms with Crippen LogP contribution in [0.1, 0.15) is 52.1 Å². The third-order valence-electron chi connectivity index (χ3n) is 3.35. The largest absolute Gasteiger partial charge is 0.338 e. The molecule has 0 radical (unpaired) electrons. The van der Waals surface area contributed by atoms with Crippen LogP contribution < -0.4 is 16.0 Å². The molecule has 2 amide bonds. The Morgan fingerprint density at radius 3 is 2.62 bits per heavy atom. The van der Waals surface area contributed by atoms with Crippen molar-refractivity contribution >= 4 is 11.7 Å². The molecule has 118 valence electrons. The maximum Gasteiger partial charge on any atom is 0.319 e. The molecule has 0 aromatic heterocycles. The van der Waals surface area contributed by atoms with Crippen LogP contribution in [0.4, 0.5) is 10.5 Å². The lowest BCUT2D eigenvalue weighted by atomic mass is 10.1. The minimum atomic E-state index is -0.137. The molecule has 0 saturated heterocycles. The van der Waals surface area contributed by atoms with Gasteiger partial charge in [0.15, 0.2) is 0 Å². The Morgan fingerprint density at radius 1 is 1.19 bits per heavy atom. The zero-order valence-electron chi connectivity index (χ0n) is 13.7. The van der Waals surface area contributed by atoms with Crippen LogP contribution in [0.3, 0.4) is 0 Å². The summed E-state index contributed by atoms with van der Waals surface area (Å²) in [6, 6.07) is 8.14. The number of carbonyl (C=O) groups excluding carboxylic acids is 1. The van der Waals surface area contributed by atoms with Gasteiger partial charge in [-0.1, -0.05) is 32.9 Å². The quantitative estimate of drug-likeness (QED) is 0.680. The zero-order chi connectivity index (χ0) is 15.7. The van der Waals surface area contributed by atoms with E-state index in [9.17, 15) is 4.79 Å². The van der Waals surface area contributed by atoms with Gasteiger partial charge in [0.05, 0.1) is 0 Å². The molecule has 1 unspecified atom stereocenters. The third-order valence-corrected chi connectivity index (χ3v) is 3.35. The lowest BCUT2D eigenvalue weighted by molar-refractivity contribution is 0.251. The van der Waals surface area contributed by atoms with Gasteiger partial charge in [0.1, 0.15) is 0 Å². The Balaban J connectivity index is 2.50. The molecule has 0 saturated carbocycles. The number of benzene rings is 1. The van der Waals surface area contributed by atoms with Crippen molar-refractivity contribution in [1.82, 2.24) is 10.6 Å². The molecule has 1 atom stereocenters. The van der Waals surface area contributed by atoms with Crippen molar-refractivity contribution in [1.29, 1.82) is 0 Å². The maximum absolute atomic E-state index is 11.8. The molecule has 0 aliphatic heterocycles. The van der Waals surface area contributed by atoms with Gasteiger partial charge in [0.2, 0.25) is 0 Å². The van der Waals surface area contributed by atoms with Crippen molar-refractivity contribution < 1.29 is 4.79 Å². The average Bonchev–Trinajstić information content (AvgIpc) is 2.44. The summed E-state index contributed by atoms with van der Waals surface area (Å²) < 4.78 is 0. The first-order valence-corrected chi connectivity index (χ1v) is 7.91. The van der Waals surface area contributed by atoms with E-state index in [4.69, 9.17) is 0 Å². The SMILES string of the molecule is CCCNC(C)c1cccc(NC(=O)NCCC(C)C)c1. The second-order valence-corrected chi connectivity index (χ2v) is 5.86. The van der Waals surface area contributed by atoms with Gasteiger partial charge in [-0.05, 0) is 49.9 Å². The van der Waals surface area contributed by atoms with E-state index in [-0.39, 0.29) is 12.1 Å². The van der Waals surface area contributed by atoms with E-state index in [1.54, 1.807) is 0 Å². The van der Waals surface area contributed by atoms with Gasteiger partial charge in [0.25, 0.3) is 0 Å². The molecule has 0 aliphatic carbocycles. The van der Waals surface area contributed by atoms with Crippen molar-refractivity contribution in [3.05, 3.63) is 29.8 Å². The summed E-state index contributed by atoms with van der Waals surface area (Å²) in [7, 11) is 0. The fourth-order valence-electron chi connectivity index (χ4n) is 2.01. The van der Waals surface area contributed by atoms with E-state index < -0.39 is 0 Å². The Bertz CT molecular complexity index is 432. The maximum atomic E-state index is 11.8. The summed E-state index contributed by atoms with van der Waals surface area (Å²) in [6.45, 7) is 10.3. The summed E-state index contributed by atoms with van der Waals surface area (Å²) in [5.74, 6) is 0.596. The van der Waals surface area contributed by atoms with Crippen molar-refractivity contribution in [2.45, 2.75) is 46.6 Å². The fraction of sp³-hybridized carbons (Fsp3) is 0.588. The fourth-order valence-corrected chi connectivity index (χ4v) is 2.01. The number of nitrogens with one attached hydrogen (secondary N) is 3. The number of carbonyl (C=O) groups is 1. The number of urea groups is 1. The molecule has 1 rings (SSSR count). The lowest BCUT2D eigenvalue weighted by Gasteiger charge is -2.15. The summed E-state index contributed by atoms with van der Waals surface area (Å²) in [5.41, 5.74) is 2.02. The Labute approximate surface area is 128 Å². The molecule has 0 bridgehead atoms. The predicted molar refractivity (Wildman–Crippen MR) is 89.6 cm³/mol. The van der Waals surface area contributed by atoms with Gasteiger partial charge >= 0.3 is 6.03 Å². The minimum absolute atomic E-state index is 0.137. The first-order chi connectivity index (χ1) is 10.0. The average molecular weight is 291 g/mol. The lowest BCUT2D eigenvalue weighted by Crippen LogP contribution is -2.30. The third kappa shape index (κ3) is 7.14. The van der Waals surface area contributed by atoms with E-state index in [1.807, 2.05) is 18.2 Å². The zero-order valence-corrected chi connectivity index (χ0v) is 13.7. The number of amides is 2. The predicted octanol–water partition coefficient (Wildman–Crippen LogP) is 3.91. The van der Waals surface area contributed by atoms with Gasteiger partial charge in [-0.15, -0.1) is 0 Å². The van der Waals surface area contributed by atoms with Gasteiger partial charge in [-0.3, -0.25) is 0 Å². The van der Waals surface area contributed by atoms with Crippen LogP contribution >= 0.6 is 0 Å². The number of rotatable bonds is 8. The van der Waals surface area contributed by atoms with Crippen LogP contribution in [0, 0.1) is 5.92 Å². The smallest absolute Gasteiger partial charge is 0.319 e. The molecule has 0 aliphatic rings. The molecule has 0 spiro atoms. The second kappa shape index (κ2) is 9.40. The van der Waals surface area contributed by atoms with Gasteiger partial charge < -0.3 is 16.0 Å². The molecule has 3 N–H and O–H groups in total. The van der Waals surface area contributed by atoms with Crippen molar-refractivity contribution in [2.75, 3.05) is 18.4 Å². The van der Waals surface area contributed by atoms with E-state index in [0.29, 0.717) is 12.5 Å². The number of anilines is 1. The highest BCUT2D eigenvalue weighted by molar-refractivity contribution is 5.89. The normalized spacial score (nSPS) is 12.2. The van der Waals surface area contributed by atoms with Gasteiger partial charge in [-0.25, -0.2) is 4.79 Å². The summed E-state index contributed by atoms with van der Waals surface area (Å²) in [6.07, 6.45) is 2.10. The van der Waals surface area contributed by atoms with Crippen LogP contribution in [0.5, 0.6) is 0 Å². The molecule has 0 heterocycles. The molecule has 4 heteroatoms. The minimum Gasteiger partial charge on any atom is -0.338 e. The number of hydrogen-bond acceptors (Lipinski definition) is 2. The molecule has 0 fully saturated rings. The van der Waals surface area contributed by atoms with E-state index in [0.717, 1.165) is 25.1 Å². The molecular weight excluding hydrogens is 262 g/mol. The first-order valence-electron chi connectivity index (χ1n) is 7.91. The van der Waals surface area contributed by atoms with Gasteiger partial charge in [-0.2, -0.15) is 0 Å². The summed E-state index contributed by atoms with van der Waals surface area (Å²) in [4.78, 5) is 11.8. The molecule has 1 aromatic rings. The molecule has 21 heavy (non-hydrogen) atoms. The molecule has 4 nitrogen and oxygen atoms in total. The van der Waals surface area contributed by atoms with Crippen LogP contribution in [0.25, 0.3) is 0 Å². The highest BCUT2D eigenvalue weighted by atomic mass is 16.2. The topological polar surface area (TPSA) is 53.2 Å². The van der Waals surface area contributed by atoms with Crippen LogP contribution in [0.2, 0.25) is 0 Å².